The lowest BCUT2D eigenvalue weighted by atomic mass is 10.5. The molecule has 0 atom stereocenters. The van der Waals surface area contributed by atoms with Crippen molar-refractivity contribution in [1.82, 2.24) is 0 Å². The number of halogens is 3. The average Bonchev–Trinajstić information content (AvgIpc) is 2.43. The summed E-state index contributed by atoms with van der Waals surface area (Å²) in [6.07, 6.45) is -4.87. The predicted molar refractivity (Wildman–Crippen MR) is 29.3 cm³/mol. The minimum atomic E-state index is -4.08. The molecule has 0 amide bonds. The molecule has 0 aromatic rings. The second kappa shape index (κ2) is 2.21. The van der Waals surface area contributed by atoms with Crippen LogP contribution in [0, 0.1) is 0 Å². The van der Waals surface area contributed by atoms with Crippen LogP contribution >= 0.6 is 0 Å². The van der Waals surface area contributed by atoms with Crippen molar-refractivity contribution in [3.63, 3.8) is 0 Å². The Morgan fingerprint density at radius 2 is 1.80 bits per heavy atom. The third kappa shape index (κ3) is 2.67. The Morgan fingerprint density at radius 1 is 1.30 bits per heavy atom. The molecule has 0 aromatic heterocycles. The van der Waals surface area contributed by atoms with E-state index in [0.29, 0.717) is 0 Å². The number of hydrogen-bond donors (Lipinski definition) is 0. The molecule has 0 unspecified atom stereocenters. The first-order valence-corrected chi connectivity index (χ1v) is 5.37. The summed E-state index contributed by atoms with van der Waals surface area (Å²) in [4.78, 5) is 0. The fourth-order valence-corrected chi connectivity index (χ4v) is 2.00. The molecule has 0 radical (unpaired) electrons. The Kier molecular flexibility index (Phi) is 1.78. The molecular weight excluding hydrogens is 165 g/mol. The van der Waals surface area contributed by atoms with Crippen LogP contribution in [0.2, 0.25) is 12.6 Å². The van der Waals surface area contributed by atoms with Gasteiger partial charge in [-0.2, -0.15) is 13.2 Å². The van der Waals surface area contributed by atoms with E-state index >= 15 is 0 Å². The zero-order valence-electron chi connectivity index (χ0n) is 5.36. The zero-order valence-corrected chi connectivity index (χ0v) is 6.36. The van der Waals surface area contributed by atoms with Gasteiger partial charge in [0.05, 0.1) is 0 Å². The number of hydrogen-bond acceptors (Lipinski definition) is 2. The summed E-state index contributed by atoms with van der Waals surface area (Å²) >= 11 is 0. The molecule has 60 valence electrons. The van der Waals surface area contributed by atoms with E-state index in [-0.39, 0.29) is 6.04 Å². The highest BCUT2D eigenvalue weighted by Gasteiger charge is 2.50. The van der Waals surface area contributed by atoms with Gasteiger partial charge in [0.25, 0.3) is 0 Å². The predicted octanol–water partition coefficient (Wildman–Crippen LogP) is 1.97. The average molecular weight is 172 g/mol. The maximum atomic E-state index is 11.5. The van der Waals surface area contributed by atoms with E-state index in [1.54, 1.807) is 6.55 Å². The Morgan fingerprint density at radius 3 is 2.10 bits per heavy atom. The second-order valence-electron chi connectivity index (χ2n) is 2.42. The fraction of sp³-hybridized carbons (Fsp3) is 1.00. The van der Waals surface area contributed by atoms with Crippen molar-refractivity contribution < 1.29 is 22.3 Å². The summed E-state index contributed by atoms with van der Waals surface area (Å²) in [5, 5.41) is 0. The number of alkyl halides is 3. The first-order valence-electron chi connectivity index (χ1n) is 2.85. The Labute approximate surface area is 57.1 Å². The Balaban J connectivity index is 2.17. The quantitative estimate of drug-likeness (QED) is 0.361. The largest absolute Gasteiger partial charge is 0.404 e. The normalized spacial score (nSPS) is 22.8. The van der Waals surface area contributed by atoms with E-state index < -0.39 is 21.2 Å². The molecule has 1 aliphatic rings. The maximum Gasteiger partial charge on any atom is 0.404 e. The number of rotatable bonds is 2. The molecule has 2 nitrogen and oxygen atoms in total. The molecule has 0 spiro atoms. The highest BCUT2D eigenvalue weighted by Crippen LogP contribution is 2.33. The molecule has 6 heteroatoms. The van der Waals surface area contributed by atoms with E-state index in [1.165, 1.54) is 0 Å². The summed E-state index contributed by atoms with van der Waals surface area (Å²) in [5.74, 6) is 0. The van der Waals surface area contributed by atoms with E-state index in [2.05, 4.69) is 9.15 Å². The van der Waals surface area contributed by atoms with Gasteiger partial charge in [0, 0.05) is 12.5 Å². The van der Waals surface area contributed by atoms with Gasteiger partial charge in [-0.1, -0.05) is 0 Å². The fourth-order valence-electron chi connectivity index (χ4n) is 0.523. The van der Waals surface area contributed by atoms with Crippen molar-refractivity contribution in [2.75, 3.05) is 0 Å². The lowest BCUT2D eigenvalue weighted by molar-refractivity contribution is -0.130. The van der Waals surface area contributed by atoms with Crippen LogP contribution in [0.4, 0.5) is 13.2 Å². The molecule has 1 aliphatic heterocycles. The van der Waals surface area contributed by atoms with Gasteiger partial charge in [0.15, 0.2) is 0 Å². The van der Waals surface area contributed by atoms with Gasteiger partial charge < -0.3 is 0 Å². The molecule has 0 aliphatic carbocycles. The van der Waals surface area contributed by atoms with Gasteiger partial charge in [0.2, 0.25) is 0 Å². The molecule has 1 fully saturated rings. The molecular formula is C4H7F3O2Si. The summed E-state index contributed by atoms with van der Waals surface area (Å²) < 4.78 is 43.4. The summed E-state index contributed by atoms with van der Waals surface area (Å²) in [5.41, 5.74) is 0. The monoisotopic (exact) mass is 172 g/mol. The highest BCUT2D eigenvalue weighted by molar-refractivity contribution is 6.70. The van der Waals surface area contributed by atoms with Crippen LogP contribution in [0.1, 0.15) is 6.42 Å². The third-order valence-electron chi connectivity index (χ3n) is 1.23. The lowest BCUT2D eigenvalue weighted by Crippen LogP contribution is -2.16. The van der Waals surface area contributed by atoms with Crippen molar-refractivity contribution in [3.05, 3.63) is 0 Å². The SMILES string of the molecule is C[Si]1(CCC(F)(F)F)OO1. The summed E-state index contributed by atoms with van der Waals surface area (Å²) in [6, 6.07) is 0.0104. The highest BCUT2D eigenvalue weighted by atomic mass is 28.4. The first-order chi connectivity index (χ1) is 4.41. The third-order valence-corrected chi connectivity index (χ3v) is 3.12. The molecule has 0 bridgehead atoms. The molecule has 0 saturated carbocycles. The lowest BCUT2D eigenvalue weighted by Gasteiger charge is -2.03. The van der Waals surface area contributed by atoms with Gasteiger partial charge >= 0.3 is 14.7 Å². The summed E-state index contributed by atoms with van der Waals surface area (Å²) in [7, 11) is -2.24. The molecule has 1 rings (SSSR count). The van der Waals surface area contributed by atoms with E-state index in [0.717, 1.165) is 0 Å². The van der Waals surface area contributed by atoms with Crippen LogP contribution in [-0.2, 0) is 9.15 Å². The Hall–Kier alpha value is -0.0731. The minimum Gasteiger partial charge on any atom is -0.257 e. The summed E-state index contributed by atoms with van der Waals surface area (Å²) in [6.45, 7) is 1.61. The molecule has 0 N–H and O–H groups in total. The van der Waals surface area contributed by atoms with Gasteiger partial charge in [-0.05, 0) is 6.55 Å². The van der Waals surface area contributed by atoms with Crippen LogP contribution in [0.25, 0.3) is 0 Å². The van der Waals surface area contributed by atoms with E-state index in [1.807, 2.05) is 0 Å². The molecule has 1 saturated heterocycles. The van der Waals surface area contributed by atoms with Crippen molar-refractivity contribution >= 4 is 8.56 Å². The van der Waals surface area contributed by atoms with Gasteiger partial charge in [-0.3, -0.25) is 9.15 Å². The molecule has 0 aromatic carbocycles. The smallest absolute Gasteiger partial charge is 0.257 e. The molecule has 1 heterocycles. The van der Waals surface area contributed by atoms with E-state index in [9.17, 15) is 13.2 Å². The van der Waals surface area contributed by atoms with Crippen LogP contribution in [0.3, 0.4) is 0 Å². The van der Waals surface area contributed by atoms with Crippen LogP contribution in [0.15, 0.2) is 0 Å². The van der Waals surface area contributed by atoms with Crippen molar-refractivity contribution in [1.29, 1.82) is 0 Å². The van der Waals surface area contributed by atoms with Crippen LogP contribution in [0.5, 0.6) is 0 Å². The van der Waals surface area contributed by atoms with Gasteiger partial charge in [-0.25, -0.2) is 0 Å². The maximum absolute atomic E-state index is 11.5. The van der Waals surface area contributed by atoms with E-state index in [4.69, 9.17) is 0 Å². The standard InChI is InChI=1S/C4H7F3O2Si/c1-10(8-9-10)3-2-4(5,6)7/h2-3H2,1H3. The zero-order chi connectivity index (χ0) is 7.83. The van der Waals surface area contributed by atoms with Crippen LogP contribution in [-0.4, -0.2) is 14.7 Å². The van der Waals surface area contributed by atoms with Gasteiger partial charge in [0.1, 0.15) is 0 Å². The Bertz CT molecular complexity index is 126. The minimum absolute atomic E-state index is 0.0104. The molecule has 10 heavy (non-hydrogen) atoms. The van der Waals surface area contributed by atoms with Crippen molar-refractivity contribution in [2.45, 2.75) is 25.2 Å². The van der Waals surface area contributed by atoms with Crippen molar-refractivity contribution in [3.8, 4) is 0 Å². The topological polar surface area (TPSA) is 25.1 Å². The first kappa shape index (κ1) is 8.03. The van der Waals surface area contributed by atoms with Crippen LogP contribution < -0.4 is 0 Å². The second-order valence-corrected chi connectivity index (χ2v) is 5.52. The van der Waals surface area contributed by atoms with Crippen molar-refractivity contribution in [2.24, 2.45) is 0 Å². The van der Waals surface area contributed by atoms with Gasteiger partial charge in [-0.15, -0.1) is 0 Å².